The third kappa shape index (κ3) is 6.48. The summed E-state index contributed by atoms with van der Waals surface area (Å²) in [5.74, 6) is 1.35. The van der Waals surface area contributed by atoms with Crippen LogP contribution in [-0.4, -0.2) is 81.4 Å². The Labute approximate surface area is 165 Å². The van der Waals surface area contributed by atoms with Gasteiger partial charge in [0.1, 0.15) is 0 Å². The van der Waals surface area contributed by atoms with Crippen molar-refractivity contribution in [2.24, 2.45) is 10.9 Å². The van der Waals surface area contributed by atoms with Crippen molar-refractivity contribution in [2.45, 2.75) is 50.6 Å². The van der Waals surface area contributed by atoms with Crippen molar-refractivity contribution in [3.8, 4) is 0 Å². The number of guanidine groups is 1. The third-order valence-corrected chi connectivity index (χ3v) is 6.97. The van der Waals surface area contributed by atoms with Crippen LogP contribution in [-0.2, 0) is 10.0 Å². The van der Waals surface area contributed by atoms with Crippen LogP contribution in [0.25, 0.3) is 0 Å². The van der Waals surface area contributed by atoms with E-state index >= 15 is 0 Å². The van der Waals surface area contributed by atoms with E-state index in [9.17, 15) is 21.6 Å². The molecule has 0 amide bonds. The van der Waals surface area contributed by atoms with E-state index < -0.39 is 15.5 Å². The Kier molecular flexibility index (Phi) is 8.38. The van der Waals surface area contributed by atoms with E-state index in [2.05, 4.69) is 27.4 Å². The van der Waals surface area contributed by atoms with Crippen LogP contribution in [0.5, 0.6) is 0 Å². The van der Waals surface area contributed by atoms with Crippen molar-refractivity contribution in [3.05, 3.63) is 0 Å². The lowest BCUT2D eigenvalue weighted by Gasteiger charge is -2.32. The Morgan fingerprint density at radius 3 is 2.43 bits per heavy atom. The maximum Gasteiger partial charge on any atom is 0.511 e. The van der Waals surface area contributed by atoms with E-state index in [-0.39, 0.29) is 19.1 Å². The maximum absolute atomic E-state index is 12.6. The monoisotopic (exact) mass is 427 g/mol. The second-order valence-corrected chi connectivity index (χ2v) is 9.60. The van der Waals surface area contributed by atoms with Gasteiger partial charge in [0.15, 0.2) is 5.96 Å². The van der Waals surface area contributed by atoms with E-state index in [0.717, 1.165) is 38.5 Å². The molecule has 0 aromatic heterocycles. The molecule has 28 heavy (non-hydrogen) atoms. The molecule has 0 spiro atoms. The van der Waals surface area contributed by atoms with Crippen molar-refractivity contribution >= 4 is 16.0 Å². The lowest BCUT2D eigenvalue weighted by atomic mass is 10.0. The van der Waals surface area contributed by atoms with Crippen LogP contribution in [0.2, 0.25) is 0 Å². The Hall–Kier alpha value is -1.07. The van der Waals surface area contributed by atoms with Crippen LogP contribution in [0.1, 0.15) is 39.0 Å². The summed E-state index contributed by atoms with van der Waals surface area (Å²) in [6.45, 7) is 6.06. The van der Waals surface area contributed by atoms with Gasteiger partial charge < -0.3 is 15.5 Å². The molecule has 2 N–H and O–H groups in total. The number of sulfonamides is 1. The van der Waals surface area contributed by atoms with Crippen molar-refractivity contribution in [1.29, 1.82) is 0 Å². The van der Waals surface area contributed by atoms with E-state index in [0.29, 0.717) is 23.1 Å². The number of alkyl halides is 3. The number of aliphatic imine (C=N–C) groups is 1. The number of likely N-dealkylation sites (tertiary alicyclic amines) is 1. The average Bonchev–Trinajstić information content (AvgIpc) is 2.63. The number of rotatable bonds is 6. The van der Waals surface area contributed by atoms with E-state index in [4.69, 9.17) is 0 Å². The highest BCUT2D eigenvalue weighted by molar-refractivity contribution is 7.90. The summed E-state index contributed by atoms with van der Waals surface area (Å²) in [6, 6.07) is -0.103. The molecule has 2 rings (SSSR count). The van der Waals surface area contributed by atoms with Gasteiger partial charge >= 0.3 is 15.5 Å². The summed E-state index contributed by atoms with van der Waals surface area (Å²) in [7, 11) is -3.59. The Morgan fingerprint density at radius 2 is 1.86 bits per heavy atom. The molecule has 11 heteroatoms. The molecule has 7 nitrogen and oxygen atoms in total. The van der Waals surface area contributed by atoms with E-state index in [1.807, 2.05) is 0 Å². The lowest BCUT2D eigenvalue weighted by Crippen LogP contribution is -2.51. The van der Waals surface area contributed by atoms with Gasteiger partial charge in [-0.15, -0.1) is 0 Å². The number of nitrogens with zero attached hydrogens (tertiary/aromatic N) is 3. The first-order valence-electron chi connectivity index (χ1n) is 9.89. The molecule has 2 saturated heterocycles. The van der Waals surface area contributed by atoms with Gasteiger partial charge in [-0.05, 0) is 51.1 Å². The summed E-state index contributed by atoms with van der Waals surface area (Å²) in [4.78, 5) is 6.63. The first-order chi connectivity index (χ1) is 13.1. The number of halogens is 3. The average molecular weight is 428 g/mol. The molecule has 2 aliphatic rings. The molecule has 1 atom stereocenters. The van der Waals surface area contributed by atoms with Crippen LogP contribution in [0.15, 0.2) is 4.99 Å². The summed E-state index contributed by atoms with van der Waals surface area (Å²) < 4.78 is 61.3. The van der Waals surface area contributed by atoms with Crippen LogP contribution in [0.4, 0.5) is 13.2 Å². The predicted molar refractivity (Wildman–Crippen MR) is 104 cm³/mol. The molecule has 1 unspecified atom stereocenters. The zero-order valence-corrected chi connectivity index (χ0v) is 17.4. The lowest BCUT2D eigenvalue weighted by molar-refractivity contribution is -0.0494. The summed E-state index contributed by atoms with van der Waals surface area (Å²) >= 11 is 0. The fourth-order valence-electron chi connectivity index (χ4n) is 3.77. The standard InChI is InChI=1S/C17H32F3N5O2S/c1-14-5-3-9-24(13-14)10-4-8-22-16(21-2)23-15-6-11-25(12-7-15)28(26,27)17(18,19)20/h14-15H,3-13H2,1-2H3,(H2,21,22,23). The Balaban J connectivity index is 1.68. The van der Waals surface area contributed by atoms with E-state index in [1.54, 1.807) is 7.05 Å². The highest BCUT2D eigenvalue weighted by atomic mass is 32.2. The maximum atomic E-state index is 12.6. The van der Waals surface area contributed by atoms with Gasteiger partial charge in [0.05, 0.1) is 0 Å². The fraction of sp³-hybridized carbons (Fsp3) is 0.941. The first kappa shape index (κ1) is 23.2. The van der Waals surface area contributed by atoms with Gasteiger partial charge in [0.25, 0.3) is 0 Å². The molecule has 0 saturated carbocycles. The molecule has 0 radical (unpaired) electrons. The Bertz CT molecular complexity index is 619. The van der Waals surface area contributed by atoms with Crippen molar-refractivity contribution in [2.75, 3.05) is 46.3 Å². The SMILES string of the molecule is CN=C(NCCCN1CCCC(C)C1)NC1CCN(S(=O)(=O)C(F)(F)F)CC1. The molecule has 0 aromatic carbocycles. The zero-order valence-electron chi connectivity index (χ0n) is 16.6. The number of nitrogens with one attached hydrogen (secondary N) is 2. The van der Waals surface area contributed by atoms with Gasteiger partial charge in [-0.2, -0.15) is 17.5 Å². The normalized spacial score (nSPS) is 24.3. The fourth-order valence-corrected chi connectivity index (χ4v) is 4.76. The zero-order chi connectivity index (χ0) is 20.8. The highest BCUT2D eigenvalue weighted by Gasteiger charge is 2.50. The summed E-state index contributed by atoms with van der Waals surface area (Å²) in [5, 5.41) is 6.42. The second-order valence-electron chi connectivity index (χ2n) is 7.67. The van der Waals surface area contributed by atoms with E-state index in [1.165, 1.54) is 12.8 Å². The quantitative estimate of drug-likeness (QED) is 0.382. The largest absolute Gasteiger partial charge is 0.511 e. The topological polar surface area (TPSA) is 77.0 Å². The molecule has 2 fully saturated rings. The molecule has 2 aliphatic heterocycles. The van der Waals surface area contributed by atoms with Gasteiger partial charge in [-0.1, -0.05) is 6.92 Å². The molecule has 0 aliphatic carbocycles. The van der Waals surface area contributed by atoms with Crippen molar-refractivity contribution in [3.63, 3.8) is 0 Å². The van der Waals surface area contributed by atoms with Crippen LogP contribution in [0, 0.1) is 5.92 Å². The number of hydrogen-bond acceptors (Lipinski definition) is 4. The predicted octanol–water partition coefficient (Wildman–Crippen LogP) is 1.59. The summed E-state index contributed by atoms with van der Waals surface area (Å²) in [5.41, 5.74) is -5.24. The summed E-state index contributed by atoms with van der Waals surface area (Å²) in [6.07, 6.45) is 4.15. The molecule has 164 valence electrons. The van der Waals surface area contributed by atoms with Gasteiger partial charge in [-0.25, -0.2) is 8.42 Å². The van der Waals surface area contributed by atoms with Crippen LogP contribution < -0.4 is 10.6 Å². The minimum Gasteiger partial charge on any atom is -0.356 e. The minimum absolute atomic E-state index is 0.103. The Morgan fingerprint density at radius 1 is 1.18 bits per heavy atom. The highest BCUT2D eigenvalue weighted by Crippen LogP contribution is 2.28. The molecule has 2 heterocycles. The first-order valence-corrected chi connectivity index (χ1v) is 11.3. The van der Waals surface area contributed by atoms with Gasteiger partial charge in [0, 0.05) is 39.3 Å². The van der Waals surface area contributed by atoms with Gasteiger partial charge in [0.2, 0.25) is 0 Å². The second kappa shape index (κ2) is 10.1. The van der Waals surface area contributed by atoms with Crippen LogP contribution in [0.3, 0.4) is 0 Å². The molecular formula is C17H32F3N5O2S. The number of piperidine rings is 2. The van der Waals surface area contributed by atoms with Gasteiger partial charge in [-0.3, -0.25) is 4.99 Å². The van der Waals surface area contributed by atoms with Crippen molar-refractivity contribution in [1.82, 2.24) is 19.8 Å². The van der Waals surface area contributed by atoms with Crippen molar-refractivity contribution < 1.29 is 21.6 Å². The van der Waals surface area contributed by atoms with Crippen LogP contribution >= 0.6 is 0 Å². The number of hydrogen-bond donors (Lipinski definition) is 2. The minimum atomic E-state index is -5.24. The molecule has 0 bridgehead atoms. The smallest absolute Gasteiger partial charge is 0.356 e. The molecular weight excluding hydrogens is 395 g/mol. The third-order valence-electron chi connectivity index (χ3n) is 5.34. The molecule has 0 aromatic rings.